The van der Waals surface area contributed by atoms with E-state index < -0.39 is 0 Å². The van der Waals surface area contributed by atoms with Crippen molar-refractivity contribution in [3.05, 3.63) is 30.4 Å². The van der Waals surface area contributed by atoms with E-state index in [2.05, 4.69) is 15.1 Å². The van der Waals surface area contributed by atoms with Crippen LogP contribution in [0.25, 0.3) is 11.4 Å². The summed E-state index contributed by atoms with van der Waals surface area (Å²) in [5.41, 5.74) is 0.831. The summed E-state index contributed by atoms with van der Waals surface area (Å²) in [4.78, 5) is 10.3. The molecule has 2 aromatic heterocycles. The molecule has 0 saturated heterocycles. The normalized spacial score (nSPS) is 11.1. The highest BCUT2D eigenvalue weighted by molar-refractivity contribution is 5.51. The molecule has 1 N–H and O–H groups in total. The molecule has 0 spiro atoms. The quantitative estimate of drug-likeness (QED) is 0.820. The molecule has 0 aromatic carbocycles. The summed E-state index contributed by atoms with van der Waals surface area (Å²) in [6, 6.07) is 3.71. The minimum Gasteiger partial charge on any atom is -0.395 e. The Bertz CT molecular complexity index is 472. The largest absolute Gasteiger partial charge is 0.395 e. The van der Waals surface area contributed by atoms with Gasteiger partial charge < -0.3 is 9.63 Å². The van der Waals surface area contributed by atoms with Crippen LogP contribution >= 0.6 is 0 Å². The zero-order valence-electron chi connectivity index (χ0n) is 10.3. The zero-order chi connectivity index (χ0) is 12.8. The van der Waals surface area contributed by atoms with Crippen molar-refractivity contribution in [2.45, 2.75) is 13.5 Å². The number of aliphatic hydroxyl groups is 1. The Kier molecular flexibility index (Phi) is 4.38. The van der Waals surface area contributed by atoms with Crippen LogP contribution in [0.4, 0.5) is 0 Å². The van der Waals surface area contributed by atoms with Gasteiger partial charge in [0, 0.05) is 24.5 Å². The van der Waals surface area contributed by atoms with Crippen molar-refractivity contribution in [3.8, 4) is 11.4 Å². The minimum absolute atomic E-state index is 0.122. The van der Waals surface area contributed by atoms with E-state index in [0.717, 1.165) is 12.1 Å². The molecular weight excluding hydrogens is 232 g/mol. The summed E-state index contributed by atoms with van der Waals surface area (Å²) in [5, 5.41) is 12.8. The third kappa shape index (κ3) is 3.12. The SMILES string of the molecule is CCN(CCO)Cc1nc(-c2cccnc2)no1. The predicted octanol–water partition coefficient (Wildman–Crippen LogP) is 0.946. The Balaban J connectivity index is 2.06. The maximum atomic E-state index is 8.91. The van der Waals surface area contributed by atoms with Gasteiger partial charge in [-0.15, -0.1) is 0 Å². The van der Waals surface area contributed by atoms with Crippen LogP contribution in [0.2, 0.25) is 0 Å². The molecule has 0 aliphatic rings. The molecule has 2 heterocycles. The first-order valence-corrected chi connectivity index (χ1v) is 5.89. The standard InChI is InChI=1S/C12H16N4O2/c1-2-16(6-7-17)9-11-14-12(15-18-11)10-4-3-5-13-8-10/h3-5,8,17H,2,6-7,9H2,1H3. The Morgan fingerprint density at radius 1 is 1.44 bits per heavy atom. The molecular formula is C12H16N4O2. The van der Waals surface area contributed by atoms with Gasteiger partial charge >= 0.3 is 0 Å². The number of nitrogens with zero attached hydrogens (tertiary/aromatic N) is 4. The summed E-state index contributed by atoms with van der Waals surface area (Å²) in [6.07, 6.45) is 3.39. The van der Waals surface area contributed by atoms with Gasteiger partial charge in [0.25, 0.3) is 0 Å². The smallest absolute Gasteiger partial charge is 0.241 e. The van der Waals surface area contributed by atoms with Crippen molar-refractivity contribution in [1.29, 1.82) is 0 Å². The molecule has 96 valence electrons. The van der Waals surface area contributed by atoms with Gasteiger partial charge in [-0.3, -0.25) is 9.88 Å². The van der Waals surface area contributed by atoms with E-state index in [1.165, 1.54) is 0 Å². The first-order valence-electron chi connectivity index (χ1n) is 5.89. The van der Waals surface area contributed by atoms with Crippen molar-refractivity contribution >= 4 is 0 Å². The van der Waals surface area contributed by atoms with Crippen LogP contribution in [0.3, 0.4) is 0 Å². The lowest BCUT2D eigenvalue weighted by atomic mass is 10.3. The van der Waals surface area contributed by atoms with Crippen LogP contribution in [0.1, 0.15) is 12.8 Å². The second-order valence-corrected chi connectivity index (χ2v) is 3.85. The molecule has 0 saturated carbocycles. The minimum atomic E-state index is 0.122. The summed E-state index contributed by atoms with van der Waals surface area (Å²) in [6.45, 7) is 4.11. The van der Waals surface area contributed by atoms with Crippen LogP contribution in [0, 0.1) is 0 Å². The van der Waals surface area contributed by atoms with Crippen molar-refractivity contribution in [2.24, 2.45) is 0 Å². The lowest BCUT2D eigenvalue weighted by Gasteiger charge is -2.15. The van der Waals surface area contributed by atoms with Crippen molar-refractivity contribution in [3.63, 3.8) is 0 Å². The highest BCUT2D eigenvalue weighted by Crippen LogP contribution is 2.14. The van der Waals surface area contributed by atoms with E-state index in [1.807, 2.05) is 24.0 Å². The third-order valence-electron chi connectivity index (χ3n) is 2.61. The fraction of sp³-hybridized carbons (Fsp3) is 0.417. The van der Waals surface area contributed by atoms with Crippen LogP contribution in [-0.4, -0.2) is 44.8 Å². The molecule has 0 radical (unpaired) electrons. The van der Waals surface area contributed by atoms with Gasteiger partial charge in [-0.1, -0.05) is 12.1 Å². The average Bonchev–Trinajstić information content (AvgIpc) is 2.88. The van der Waals surface area contributed by atoms with Crippen LogP contribution < -0.4 is 0 Å². The Labute approximate surface area is 105 Å². The Morgan fingerprint density at radius 3 is 3.00 bits per heavy atom. The number of likely N-dealkylation sites (N-methyl/N-ethyl adjacent to an activating group) is 1. The number of aromatic nitrogens is 3. The number of rotatable bonds is 6. The van der Waals surface area contributed by atoms with Crippen molar-refractivity contribution in [1.82, 2.24) is 20.0 Å². The summed E-state index contributed by atoms with van der Waals surface area (Å²) < 4.78 is 5.19. The third-order valence-corrected chi connectivity index (χ3v) is 2.61. The molecule has 0 aliphatic heterocycles. The van der Waals surface area contributed by atoms with Crippen LogP contribution in [-0.2, 0) is 6.54 Å². The first-order chi connectivity index (χ1) is 8.83. The van der Waals surface area contributed by atoms with E-state index in [1.54, 1.807) is 12.4 Å². The van der Waals surface area contributed by atoms with Crippen molar-refractivity contribution in [2.75, 3.05) is 19.7 Å². The van der Waals surface area contributed by atoms with E-state index in [4.69, 9.17) is 9.63 Å². The maximum Gasteiger partial charge on any atom is 0.241 e. The molecule has 6 heteroatoms. The molecule has 0 amide bonds. The molecule has 6 nitrogen and oxygen atoms in total. The molecule has 0 aliphatic carbocycles. The predicted molar refractivity (Wildman–Crippen MR) is 65.6 cm³/mol. The summed E-state index contributed by atoms with van der Waals surface area (Å²) in [7, 11) is 0. The molecule has 2 aromatic rings. The van der Waals surface area contributed by atoms with E-state index >= 15 is 0 Å². The molecule has 18 heavy (non-hydrogen) atoms. The lowest BCUT2D eigenvalue weighted by Crippen LogP contribution is -2.26. The fourth-order valence-electron chi connectivity index (χ4n) is 1.61. The first kappa shape index (κ1) is 12.7. The second kappa shape index (κ2) is 6.23. The summed E-state index contributed by atoms with van der Waals surface area (Å²) >= 11 is 0. The Morgan fingerprint density at radius 2 is 2.33 bits per heavy atom. The zero-order valence-corrected chi connectivity index (χ0v) is 10.3. The van der Waals surface area contributed by atoms with E-state index in [9.17, 15) is 0 Å². The number of hydrogen-bond acceptors (Lipinski definition) is 6. The molecule has 0 fully saturated rings. The van der Waals surface area contributed by atoms with Gasteiger partial charge in [-0.25, -0.2) is 0 Å². The molecule has 0 unspecified atom stereocenters. The van der Waals surface area contributed by atoms with E-state index in [0.29, 0.717) is 24.8 Å². The second-order valence-electron chi connectivity index (χ2n) is 3.85. The van der Waals surface area contributed by atoms with Gasteiger partial charge in [0.05, 0.1) is 13.2 Å². The van der Waals surface area contributed by atoms with Gasteiger partial charge in [0.2, 0.25) is 11.7 Å². The van der Waals surface area contributed by atoms with Crippen molar-refractivity contribution < 1.29 is 9.63 Å². The van der Waals surface area contributed by atoms with Gasteiger partial charge in [0.1, 0.15) is 0 Å². The van der Waals surface area contributed by atoms with Crippen LogP contribution in [0.15, 0.2) is 29.0 Å². The van der Waals surface area contributed by atoms with E-state index in [-0.39, 0.29) is 6.61 Å². The molecule has 0 bridgehead atoms. The average molecular weight is 248 g/mol. The highest BCUT2D eigenvalue weighted by atomic mass is 16.5. The summed E-state index contributed by atoms with van der Waals surface area (Å²) in [5.74, 6) is 1.09. The highest BCUT2D eigenvalue weighted by Gasteiger charge is 2.11. The monoisotopic (exact) mass is 248 g/mol. The van der Waals surface area contributed by atoms with Gasteiger partial charge in [-0.2, -0.15) is 4.98 Å². The molecule has 2 rings (SSSR count). The number of hydrogen-bond donors (Lipinski definition) is 1. The topological polar surface area (TPSA) is 75.3 Å². The van der Waals surface area contributed by atoms with Crippen LogP contribution in [0.5, 0.6) is 0 Å². The number of aliphatic hydroxyl groups excluding tert-OH is 1. The van der Waals surface area contributed by atoms with Gasteiger partial charge in [-0.05, 0) is 18.7 Å². The Hall–Kier alpha value is -1.79. The number of pyridine rings is 1. The lowest BCUT2D eigenvalue weighted by molar-refractivity contribution is 0.180. The maximum absolute atomic E-state index is 8.91. The fourth-order valence-corrected chi connectivity index (χ4v) is 1.61. The van der Waals surface area contributed by atoms with Gasteiger partial charge in [0.15, 0.2) is 0 Å². The molecule has 0 atom stereocenters.